The van der Waals surface area contributed by atoms with E-state index >= 15 is 0 Å². The fourth-order valence-corrected chi connectivity index (χ4v) is 2.87. The first-order chi connectivity index (χ1) is 8.65. The number of aromatic nitrogens is 1. The minimum absolute atomic E-state index is 0.331. The molecule has 0 aliphatic rings. The van der Waals surface area contributed by atoms with E-state index in [1.165, 1.54) is 5.56 Å². The van der Waals surface area contributed by atoms with Gasteiger partial charge in [0.25, 0.3) is 0 Å². The van der Waals surface area contributed by atoms with Crippen molar-refractivity contribution in [2.45, 2.75) is 19.4 Å². The zero-order valence-electron chi connectivity index (χ0n) is 10.0. The molecule has 0 aliphatic heterocycles. The summed E-state index contributed by atoms with van der Waals surface area (Å²) in [5, 5.41) is 3.41. The van der Waals surface area contributed by atoms with Crippen molar-refractivity contribution in [1.82, 2.24) is 4.98 Å². The van der Waals surface area contributed by atoms with Crippen LogP contribution in [-0.4, -0.2) is 11.0 Å². The maximum atomic E-state index is 4.35. The lowest BCUT2D eigenvalue weighted by molar-refractivity contribution is 0.783. The van der Waals surface area contributed by atoms with Crippen molar-refractivity contribution in [3.8, 4) is 0 Å². The summed E-state index contributed by atoms with van der Waals surface area (Å²) in [5.74, 6) is 0.877. The molecule has 2 aromatic rings. The van der Waals surface area contributed by atoms with E-state index in [9.17, 15) is 0 Å². The van der Waals surface area contributed by atoms with Crippen molar-refractivity contribution in [1.29, 1.82) is 0 Å². The number of nitrogens with zero attached hydrogens (tertiary/aromatic N) is 1. The van der Waals surface area contributed by atoms with Crippen LogP contribution in [-0.2, 0) is 6.42 Å². The van der Waals surface area contributed by atoms with Crippen LogP contribution < -0.4 is 5.32 Å². The molecule has 1 unspecified atom stereocenters. The Balaban J connectivity index is 2.01. The van der Waals surface area contributed by atoms with Crippen molar-refractivity contribution in [2.75, 3.05) is 5.32 Å². The molecular weight excluding hydrogens is 356 g/mol. The van der Waals surface area contributed by atoms with E-state index < -0.39 is 0 Å². The molecule has 1 N–H and O–H groups in total. The topological polar surface area (TPSA) is 24.9 Å². The van der Waals surface area contributed by atoms with E-state index in [2.05, 4.69) is 73.3 Å². The summed E-state index contributed by atoms with van der Waals surface area (Å²) in [5.41, 5.74) is 1.32. The van der Waals surface area contributed by atoms with Crippen molar-refractivity contribution in [3.05, 3.63) is 57.1 Å². The van der Waals surface area contributed by atoms with E-state index in [-0.39, 0.29) is 0 Å². The summed E-state index contributed by atoms with van der Waals surface area (Å²) in [7, 11) is 0. The Hall–Kier alpha value is -0.870. The average molecular weight is 370 g/mol. The van der Waals surface area contributed by atoms with Gasteiger partial charge in [0.1, 0.15) is 5.82 Å². The van der Waals surface area contributed by atoms with Crippen LogP contribution in [0.2, 0.25) is 0 Å². The second-order valence-corrected chi connectivity index (χ2v) is 5.99. The molecule has 0 spiro atoms. The molecule has 0 radical (unpaired) electrons. The fraction of sp³-hybridized carbons (Fsp3) is 0.214. The highest BCUT2D eigenvalue weighted by Crippen LogP contribution is 2.24. The summed E-state index contributed by atoms with van der Waals surface area (Å²) in [6.45, 7) is 2.16. The Kier molecular flexibility index (Phi) is 4.78. The molecule has 0 fully saturated rings. The van der Waals surface area contributed by atoms with Gasteiger partial charge in [0, 0.05) is 16.7 Å². The lowest BCUT2D eigenvalue weighted by Gasteiger charge is -2.15. The van der Waals surface area contributed by atoms with Gasteiger partial charge in [0.15, 0.2) is 0 Å². The van der Waals surface area contributed by atoms with Gasteiger partial charge in [-0.3, -0.25) is 0 Å². The summed E-state index contributed by atoms with van der Waals surface area (Å²) < 4.78 is 1.94. The number of halogens is 2. The van der Waals surface area contributed by atoms with Crippen LogP contribution in [0.3, 0.4) is 0 Å². The van der Waals surface area contributed by atoms with E-state index in [0.29, 0.717) is 6.04 Å². The SMILES string of the molecule is CC(Cc1ccccc1)Nc1ncc(Br)cc1Br. The summed E-state index contributed by atoms with van der Waals surface area (Å²) in [4.78, 5) is 4.35. The molecule has 1 aromatic carbocycles. The van der Waals surface area contributed by atoms with Gasteiger partial charge in [0.05, 0.1) is 4.47 Å². The maximum absolute atomic E-state index is 4.35. The Labute approximate surface area is 124 Å². The highest BCUT2D eigenvalue weighted by molar-refractivity contribution is 9.11. The Morgan fingerprint density at radius 3 is 2.61 bits per heavy atom. The van der Waals surface area contributed by atoms with Crippen molar-refractivity contribution < 1.29 is 0 Å². The number of hydrogen-bond acceptors (Lipinski definition) is 2. The van der Waals surface area contributed by atoms with Crippen molar-refractivity contribution >= 4 is 37.7 Å². The Morgan fingerprint density at radius 2 is 1.94 bits per heavy atom. The number of rotatable bonds is 4. The molecule has 0 saturated carbocycles. The standard InChI is InChI=1S/C14H14Br2N2/c1-10(7-11-5-3-2-4-6-11)18-14-13(16)8-12(15)9-17-14/h2-6,8-10H,7H2,1H3,(H,17,18). The first kappa shape index (κ1) is 13.6. The van der Waals surface area contributed by atoms with Gasteiger partial charge in [-0.2, -0.15) is 0 Å². The minimum atomic E-state index is 0.331. The van der Waals surface area contributed by atoms with Gasteiger partial charge in [-0.25, -0.2) is 4.98 Å². The monoisotopic (exact) mass is 368 g/mol. The highest BCUT2D eigenvalue weighted by Gasteiger charge is 2.07. The van der Waals surface area contributed by atoms with Crippen LogP contribution in [0.4, 0.5) is 5.82 Å². The smallest absolute Gasteiger partial charge is 0.140 e. The van der Waals surface area contributed by atoms with Crippen LogP contribution >= 0.6 is 31.9 Å². The van der Waals surface area contributed by atoms with Gasteiger partial charge in [-0.05, 0) is 56.8 Å². The van der Waals surface area contributed by atoms with Crippen LogP contribution in [0.15, 0.2) is 51.5 Å². The average Bonchev–Trinajstić information content (AvgIpc) is 2.34. The molecule has 4 heteroatoms. The first-order valence-corrected chi connectivity index (χ1v) is 7.35. The Morgan fingerprint density at radius 1 is 1.22 bits per heavy atom. The molecule has 1 heterocycles. The number of pyridine rings is 1. The largest absolute Gasteiger partial charge is 0.366 e. The normalized spacial score (nSPS) is 12.2. The van der Waals surface area contributed by atoms with Crippen LogP contribution in [0, 0.1) is 0 Å². The molecule has 94 valence electrons. The molecule has 0 aliphatic carbocycles. The van der Waals surface area contributed by atoms with E-state index in [4.69, 9.17) is 0 Å². The summed E-state index contributed by atoms with van der Waals surface area (Å²) >= 11 is 6.90. The van der Waals surface area contributed by atoms with Gasteiger partial charge in [-0.15, -0.1) is 0 Å². The van der Waals surface area contributed by atoms with Gasteiger partial charge in [-0.1, -0.05) is 30.3 Å². The van der Waals surface area contributed by atoms with E-state index in [1.807, 2.05) is 12.1 Å². The zero-order chi connectivity index (χ0) is 13.0. The number of benzene rings is 1. The van der Waals surface area contributed by atoms with Gasteiger partial charge >= 0.3 is 0 Å². The predicted molar refractivity (Wildman–Crippen MR) is 82.9 cm³/mol. The molecular formula is C14H14Br2N2. The maximum Gasteiger partial charge on any atom is 0.140 e. The third-order valence-electron chi connectivity index (χ3n) is 2.58. The molecule has 18 heavy (non-hydrogen) atoms. The summed E-state index contributed by atoms with van der Waals surface area (Å²) in [6.07, 6.45) is 2.77. The molecule has 0 bridgehead atoms. The lowest BCUT2D eigenvalue weighted by Crippen LogP contribution is -2.19. The molecule has 0 saturated heterocycles. The third-order valence-corrected chi connectivity index (χ3v) is 3.61. The molecule has 1 atom stereocenters. The Bertz CT molecular complexity index is 514. The molecule has 0 amide bonds. The van der Waals surface area contributed by atoms with Crippen molar-refractivity contribution in [3.63, 3.8) is 0 Å². The lowest BCUT2D eigenvalue weighted by atomic mass is 10.1. The van der Waals surface area contributed by atoms with Crippen LogP contribution in [0.5, 0.6) is 0 Å². The molecule has 2 nitrogen and oxygen atoms in total. The van der Waals surface area contributed by atoms with Gasteiger partial charge < -0.3 is 5.32 Å². The molecule has 1 aromatic heterocycles. The minimum Gasteiger partial charge on any atom is -0.366 e. The fourth-order valence-electron chi connectivity index (χ4n) is 1.77. The van der Waals surface area contributed by atoms with E-state index in [1.54, 1.807) is 6.20 Å². The second-order valence-electron chi connectivity index (χ2n) is 4.22. The van der Waals surface area contributed by atoms with Crippen molar-refractivity contribution in [2.24, 2.45) is 0 Å². The van der Waals surface area contributed by atoms with E-state index in [0.717, 1.165) is 21.2 Å². The van der Waals surface area contributed by atoms with Crippen LogP contribution in [0.25, 0.3) is 0 Å². The summed E-state index contributed by atoms with van der Waals surface area (Å²) in [6, 6.07) is 12.8. The van der Waals surface area contributed by atoms with Gasteiger partial charge in [0.2, 0.25) is 0 Å². The number of anilines is 1. The zero-order valence-corrected chi connectivity index (χ0v) is 13.2. The first-order valence-electron chi connectivity index (χ1n) is 5.76. The second kappa shape index (κ2) is 6.34. The predicted octanol–water partition coefficient (Wildman–Crippen LogP) is 4.65. The molecule has 2 rings (SSSR count). The number of hydrogen-bond donors (Lipinski definition) is 1. The highest BCUT2D eigenvalue weighted by atomic mass is 79.9. The quantitative estimate of drug-likeness (QED) is 0.848. The van der Waals surface area contributed by atoms with Crippen LogP contribution in [0.1, 0.15) is 12.5 Å². The number of nitrogens with one attached hydrogen (secondary N) is 1. The third kappa shape index (κ3) is 3.82.